The number of pyridine rings is 4. The number of alkyl halides is 12. The average molecular weight is 1220 g/mol. The van der Waals surface area contributed by atoms with E-state index < -0.39 is 85.9 Å². The van der Waals surface area contributed by atoms with Crippen molar-refractivity contribution in [1.29, 1.82) is 0 Å². The number of halogens is 12. The standard InChI is InChI=1S/C17H21F3N2O2.C17H19F3N2O.C16H17F3N2O2.C10H7F3N2O/c1-15(2,9-16(3,4)24)22-10-5-6-11-12(17(18,19)20)8-14(23)21-13(11)7-10;1-10(2)9-16(3,4)22-11-5-6-12-13(17(18,19)20)8-15(23)21-14(12)7-11;1-9(22)8-15(2,3)21-10-4-5-11-12(16(17,18)19)7-14(23)20-13(11)6-10;11-10(12,13)7-4-9(16)15-8-3-5(14)1-2-6(7)8/h5-8,22,24H,9H2,1-4H3,(H,21,23);5-8,22H,1,9H2,2-4H3,(H,21,23);4-7,21H,8H2,1-3H3,(H,20,23);1-4H,14H2,(H,15,16). The highest BCUT2D eigenvalue weighted by molar-refractivity contribution is 5.88. The Bertz CT molecular complexity index is 3920. The fourth-order valence-corrected chi connectivity index (χ4v) is 9.99. The number of carbonyl (C=O) groups excluding carboxylic acids is 1. The Morgan fingerprint density at radius 2 is 0.709 bits per heavy atom. The number of hydrogen-bond donors (Lipinski definition) is 9. The third-order valence-electron chi connectivity index (χ3n) is 12.4. The third kappa shape index (κ3) is 19.5. The Kier molecular flexibility index (Phi) is 20.0. The van der Waals surface area contributed by atoms with Gasteiger partial charge in [0.2, 0.25) is 22.2 Å². The minimum atomic E-state index is -4.60. The molecule has 8 rings (SSSR count). The molecule has 0 saturated heterocycles. The lowest BCUT2D eigenvalue weighted by atomic mass is 9.89. The number of carbonyl (C=O) groups is 1. The van der Waals surface area contributed by atoms with Crippen molar-refractivity contribution in [3.05, 3.63) is 173 Å². The van der Waals surface area contributed by atoms with Crippen molar-refractivity contribution >= 4 is 72.1 Å². The van der Waals surface area contributed by atoms with Crippen LogP contribution in [-0.4, -0.2) is 53.0 Å². The Hall–Kier alpha value is -8.55. The topological polar surface area (TPSA) is 231 Å². The lowest BCUT2D eigenvalue weighted by Crippen LogP contribution is -2.39. The molecular formula is C60H64F12N8O6. The van der Waals surface area contributed by atoms with Crippen molar-refractivity contribution in [2.45, 2.75) is 135 Å². The van der Waals surface area contributed by atoms with Crippen LogP contribution >= 0.6 is 0 Å². The number of aromatic amines is 4. The molecule has 10 N–H and O–H groups in total. The molecule has 0 aliphatic heterocycles. The van der Waals surface area contributed by atoms with E-state index >= 15 is 0 Å². The summed E-state index contributed by atoms with van der Waals surface area (Å²) in [5.74, 6) is -0.00365. The first-order valence-corrected chi connectivity index (χ1v) is 26.0. The maximum absolute atomic E-state index is 13.1. The summed E-state index contributed by atoms with van der Waals surface area (Å²) in [6, 6.07) is 19.2. The molecule has 4 aromatic heterocycles. The number of nitrogen functional groups attached to an aromatic ring is 1. The van der Waals surface area contributed by atoms with Crippen molar-refractivity contribution in [3.63, 3.8) is 0 Å². The summed E-state index contributed by atoms with van der Waals surface area (Å²) < 4.78 is 155. The zero-order chi connectivity index (χ0) is 65.1. The first-order chi connectivity index (χ1) is 39.1. The minimum Gasteiger partial charge on any atom is -0.399 e. The van der Waals surface area contributed by atoms with Gasteiger partial charge in [-0.15, -0.1) is 6.58 Å². The molecule has 464 valence electrons. The predicted molar refractivity (Wildman–Crippen MR) is 311 cm³/mol. The number of Topliss-reactive ketones (excluding diaryl/α,β-unsaturated/α-hetero) is 1. The van der Waals surface area contributed by atoms with E-state index in [1.807, 2.05) is 48.5 Å². The van der Waals surface area contributed by atoms with Crippen molar-refractivity contribution in [3.8, 4) is 0 Å². The molecule has 0 fully saturated rings. The number of aromatic nitrogens is 4. The Morgan fingerprint density at radius 1 is 0.442 bits per heavy atom. The molecule has 86 heavy (non-hydrogen) atoms. The highest BCUT2D eigenvalue weighted by atomic mass is 19.4. The van der Waals surface area contributed by atoms with E-state index in [1.54, 1.807) is 19.9 Å². The van der Waals surface area contributed by atoms with Crippen LogP contribution in [0.5, 0.6) is 0 Å². The summed E-state index contributed by atoms with van der Waals surface area (Å²) in [5, 5.41) is 19.3. The second kappa shape index (κ2) is 25.2. The molecule has 8 aromatic rings. The van der Waals surface area contributed by atoms with Crippen molar-refractivity contribution in [1.82, 2.24) is 19.9 Å². The summed E-state index contributed by atoms with van der Waals surface area (Å²) in [6.45, 7) is 22.0. The molecule has 0 bridgehead atoms. The van der Waals surface area contributed by atoms with Crippen LogP contribution in [0.4, 0.5) is 75.4 Å². The second-order valence-electron chi connectivity index (χ2n) is 23.3. The molecule has 0 radical (unpaired) electrons. The molecule has 0 unspecified atom stereocenters. The van der Waals surface area contributed by atoms with E-state index in [0.29, 0.717) is 59.9 Å². The third-order valence-corrected chi connectivity index (χ3v) is 12.4. The molecule has 0 spiro atoms. The van der Waals surface area contributed by atoms with Gasteiger partial charge < -0.3 is 46.7 Å². The van der Waals surface area contributed by atoms with Gasteiger partial charge in [-0.05, 0) is 131 Å². The molecule has 0 atom stereocenters. The minimum absolute atomic E-state index is 0.00365. The molecule has 4 aromatic carbocycles. The molecule has 14 nitrogen and oxygen atoms in total. The molecule has 0 amide bonds. The molecule has 4 heterocycles. The largest absolute Gasteiger partial charge is 0.417 e. The van der Waals surface area contributed by atoms with Gasteiger partial charge in [0.05, 0.1) is 49.9 Å². The number of fused-ring (bicyclic) bond motifs is 4. The van der Waals surface area contributed by atoms with Gasteiger partial charge in [0.15, 0.2) is 0 Å². The van der Waals surface area contributed by atoms with Crippen LogP contribution in [0, 0.1) is 0 Å². The van der Waals surface area contributed by atoms with Gasteiger partial charge in [0, 0.05) is 91.6 Å². The monoisotopic (exact) mass is 1220 g/mol. The van der Waals surface area contributed by atoms with E-state index in [9.17, 15) is 81.8 Å². The van der Waals surface area contributed by atoms with Crippen LogP contribution in [-0.2, 0) is 29.5 Å². The summed E-state index contributed by atoms with van der Waals surface area (Å²) >= 11 is 0. The number of benzene rings is 4. The second-order valence-corrected chi connectivity index (χ2v) is 23.3. The van der Waals surface area contributed by atoms with Gasteiger partial charge in [-0.2, -0.15) is 52.7 Å². The smallest absolute Gasteiger partial charge is 0.399 e. The quantitative estimate of drug-likeness (QED) is 0.0319. The number of nitrogens with one attached hydrogen (secondary N) is 7. The molecular weight excluding hydrogens is 1160 g/mol. The highest BCUT2D eigenvalue weighted by Crippen LogP contribution is 2.38. The predicted octanol–water partition coefficient (Wildman–Crippen LogP) is 14.4. The number of anilines is 4. The highest BCUT2D eigenvalue weighted by Gasteiger charge is 2.37. The first-order valence-electron chi connectivity index (χ1n) is 26.0. The van der Waals surface area contributed by atoms with Crippen molar-refractivity contribution < 1.29 is 62.6 Å². The molecule has 26 heteroatoms. The normalized spacial score (nSPS) is 12.6. The number of hydrogen-bond acceptors (Lipinski definition) is 10. The zero-order valence-corrected chi connectivity index (χ0v) is 48.2. The van der Waals surface area contributed by atoms with Crippen molar-refractivity contribution in [2.75, 3.05) is 21.7 Å². The summed E-state index contributed by atoms with van der Waals surface area (Å²) in [7, 11) is 0. The van der Waals surface area contributed by atoms with E-state index in [1.165, 1.54) is 73.7 Å². The zero-order valence-electron chi connectivity index (χ0n) is 48.2. The molecule has 0 aliphatic rings. The van der Waals surface area contributed by atoms with E-state index in [-0.39, 0.29) is 61.4 Å². The first kappa shape index (κ1) is 68.2. The Morgan fingerprint density at radius 3 is 0.977 bits per heavy atom. The fourth-order valence-electron chi connectivity index (χ4n) is 9.99. The molecule has 0 saturated carbocycles. The van der Waals surface area contributed by atoms with E-state index in [0.717, 1.165) is 5.57 Å². The van der Waals surface area contributed by atoms with Gasteiger partial charge in [-0.25, -0.2) is 0 Å². The van der Waals surface area contributed by atoms with Crippen molar-refractivity contribution in [2.24, 2.45) is 0 Å². The summed E-state index contributed by atoms with van der Waals surface area (Å²) in [5.41, 5.74) is -0.358. The Labute approximate surface area is 483 Å². The number of rotatable bonds is 12. The van der Waals surface area contributed by atoms with Crippen LogP contribution in [0.15, 0.2) is 128 Å². The number of nitrogens with two attached hydrogens (primary N) is 1. The van der Waals surface area contributed by atoms with Crippen LogP contribution < -0.4 is 43.9 Å². The summed E-state index contributed by atoms with van der Waals surface area (Å²) in [6.07, 6.45) is -16.9. The fraction of sp³-hybridized carbons (Fsp3) is 0.350. The Balaban J connectivity index is 0.000000211. The van der Waals surface area contributed by atoms with E-state index in [2.05, 4.69) is 42.5 Å². The van der Waals surface area contributed by atoms with Gasteiger partial charge >= 0.3 is 24.7 Å². The SMILES string of the molecule is C=C(C)CC(C)(C)Nc1ccc2c(C(F)(F)F)cc(=O)[nH]c2c1.CC(=O)CC(C)(C)Nc1ccc2c(C(F)(F)F)cc(=O)[nH]c2c1.CC(C)(O)CC(C)(C)Nc1ccc2c(C(F)(F)F)cc(=O)[nH]c2c1.Nc1ccc2c(C(F)(F)F)cc(=O)[nH]c2c1. The van der Waals surface area contributed by atoms with Crippen LogP contribution in [0.2, 0.25) is 0 Å². The maximum Gasteiger partial charge on any atom is 0.417 e. The van der Waals surface area contributed by atoms with E-state index in [4.69, 9.17) is 5.73 Å². The lowest BCUT2D eigenvalue weighted by Gasteiger charge is -2.33. The van der Waals surface area contributed by atoms with Gasteiger partial charge in [0.1, 0.15) is 5.78 Å². The van der Waals surface area contributed by atoms with Gasteiger partial charge in [-0.3, -0.25) is 24.0 Å². The van der Waals surface area contributed by atoms with Gasteiger partial charge in [-0.1, -0.05) is 29.8 Å². The van der Waals surface area contributed by atoms with Crippen LogP contribution in [0.1, 0.15) is 111 Å². The maximum atomic E-state index is 13.1. The van der Waals surface area contributed by atoms with Gasteiger partial charge in [0.25, 0.3) is 0 Å². The summed E-state index contributed by atoms with van der Waals surface area (Å²) in [4.78, 5) is 66.4. The lowest BCUT2D eigenvalue weighted by molar-refractivity contribution is -0.137. The number of ketones is 1. The van der Waals surface area contributed by atoms with Crippen LogP contribution in [0.3, 0.4) is 0 Å². The number of H-pyrrole nitrogens is 4. The average Bonchev–Trinajstić information content (AvgIpc) is 1.07. The number of aliphatic hydroxyl groups is 1. The molecule has 0 aliphatic carbocycles. The van der Waals surface area contributed by atoms with Crippen LogP contribution in [0.25, 0.3) is 43.6 Å².